The van der Waals surface area contributed by atoms with E-state index in [1.165, 1.54) is 29.1 Å². The van der Waals surface area contributed by atoms with Gasteiger partial charge in [-0.2, -0.15) is 11.8 Å². The summed E-state index contributed by atoms with van der Waals surface area (Å²) in [4.78, 5) is 15.0. The number of carbonyl (C=O) groups is 1. The number of thiazole rings is 1. The maximum absolute atomic E-state index is 10.6. The van der Waals surface area contributed by atoms with Crippen molar-refractivity contribution in [2.24, 2.45) is 0 Å². The van der Waals surface area contributed by atoms with Crippen LogP contribution in [0.1, 0.15) is 24.6 Å². The first kappa shape index (κ1) is 15.1. The Morgan fingerprint density at radius 3 is 2.75 bits per heavy atom. The van der Waals surface area contributed by atoms with Gasteiger partial charge in [-0.3, -0.25) is 4.79 Å². The van der Waals surface area contributed by atoms with E-state index in [1.54, 1.807) is 0 Å². The van der Waals surface area contributed by atoms with Gasteiger partial charge in [-0.15, -0.1) is 11.3 Å². The molecule has 20 heavy (non-hydrogen) atoms. The Morgan fingerprint density at radius 1 is 1.35 bits per heavy atom. The Bertz CT molecular complexity index is 564. The van der Waals surface area contributed by atoms with E-state index in [0.29, 0.717) is 5.69 Å². The molecule has 1 aromatic heterocycles. The van der Waals surface area contributed by atoms with Crippen molar-refractivity contribution in [1.29, 1.82) is 0 Å². The molecule has 1 heterocycles. The number of rotatable bonds is 7. The second-order valence-electron chi connectivity index (χ2n) is 4.46. The number of carboxylic acid groups (broad SMARTS) is 1. The molecule has 0 aliphatic rings. The first-order chi connectivity index (χ1) is 9.69. The minimum atomic E-state index is -0.842. The number of aromatic nitrogens is 1. The second-order valence-corrected chi connectivity index (χ2v) is 6.43. The molecule has 0 saturated carbocycles. The van der Waals surface area contributed by atoms with Crippen LogP contribution in [0.15, 0.2) is 29.6 Å². The number of carboxylic acids is 1. The van der Waals surface area contributed by atoms with E-state index in [9.17, 15) is 4.79 Å². The standard InChI is InChI=1S/C15H17NO2S2/c1-2-7-19-9-11-3-5-12(6-4-11)15-16-13(10-20-15)8-14(17)18/h3-6,10H,2,7-9H2,1H3,(H,17,18). The lowest BCUT2D eigenvalue weighted by Crippen LogP contribution is -1.99. The van der Waals surface area contributed by atoms with Gasteiger partial charge in [0.25, 0.3) is 0 Å². The third kappa shape index (κ3) is 4.35. The Balaban J connectivity index is 2.02. The van der Waals surface area contributed by atoms with Gasteiger partial charge in [-0.05, 0) is 17.7 Å². The maximum Gasteiger partial charge on any atom is 0.309 e. The summed E-state index contributed by atoms with van der Waals surface area (Å²) in [5.74, 6) is 1.38. The van der Waals surface area contributed by atoms with Gasteiger partial charge < -0.3 is 5.11 Å². The van der Waals surface area contributed by atoms with E-state index < -0.39 is 5.97 Å². The van der Waals surface area contributed by atoms with E-state index >= 15 is 0 Å². The summed E-state index contributed by atoms with van der Waals surface area (Å²) in [6.45, 7) is 2.19. The first-order valence-electron chi connectivity index (χ1n) is 6.52. The van der Waals surface area contributed by atoms with Gasteiger partial charge in [-0.1, -0.05) is 31.2 Å². The molecule has 0 spiro atoms. The van der Waals surface area contributed by atoms with E-state index in [1.807, 2.05) is 17.1 Å². The Kier molecular flexibility index (Phi) is 5.61. The molecule has 2 aromatic rings. The minimum Gasteiger partial charge on any atom is -0.481 e. The van der Waals surface area contributed by atoms with Gasteiger partial charge in [0, 0.05) is 16.7 Å². The molecular weight excluding hydrogens is 290 g/mol. The molecule has 106 valence electrons. The molecule has 0 saturated heterocycles. The quantitative estimate of drug-likeness (QED) is 0.783. The maximum atomic E-state index is 10.6. The first-order valence-corrected chi connectivity index (χ1v) is 8.55. The number of aliphatic carboxylic acids is 1. The molecule has 0 aliphatic carbocycles. The summed E-state index contributed by atoms with van der Waals surface area (Å²) in [5.41, 5.74) is 2.99. The highest BCUT2D eigenvalue weighted by Crippen LogP contribution is 2.25. The average molecular weight is 307 g/mol. The van der Waals surface area contributed by atoms with Crippen molar-refractivity contribution < 1.29 is 9.90 Å². The van der Waals surface area contributed by atoms with Gasteiger partial charge >= 0.3 is 5.97 Å². The Hall–Kier alpha value is -1.33. The Morgan fingerprint density at radius 2 is 2.10 bits per heavy atom. The topological polar surface area (TPSA) is 50.2 Å². The molecular formula is C15H17NO2S2. The van der Waals surface area contributed by atoms with Gasteiger partial charge in [0.05, 0.1) is 12.1 Å². The zero-order chi connectivity index (χ0) is 14.4. The van der Waals surface area contributed by atoms with Crippen LogP contribution in [0.25, 0.3) is 10.6 Å². The van der Waals surface area contributed by atoms with Crippen LogP contribution in [0.4, 0.5) is 0 Å². The monoisotopic (exact) mass is 307 g/mol. The normalized spacial score (nSPS) is 10.7. The fraction of sp³-hybridized carbons (Fsp3) is 0.333. The molecule has 0 unspecified atom stereocenters. The van der Waals surface area contributed by atoms with Crippen molar-refractivity contribution in [3.8, 4) is 10.6 Å². The third-order valence-electron chi connectivity index (χ3n) is 2.70. The largest absolute Gasteiger partial charge is 0.481 e. The zero-order valence-electron chi connectivity index (χ0n) is 11.3. The highest BCUT2D eigenvalue weighted by Gasteiger charge is 2.07. The molecule has 0 bridgehead atoms. The highest BCUT2D eigenvalue weighted by atomic mass is 32.2. The summed E-state index contributed by atoms with van der Waals surface area (Å²) in [6, 6.07) is 8.36. The van der Waals surface area contributed by atoms with Crippen molar-refractivity contribution in [1.82, 2.24) is 4.98 Å². The fourth-order valence-corrected chi connectivity index (χ4v) is 3.44. The number of thioether (sulfide) groups is 1. The number of hydrogen-bond acceptors (Lipinski definition) is 4. The van der Waals surface area contributed by atoms with Gasteiger partial charge in [-0.25, -0.2) is 4.98 Å². The molecule has 1 N–H and O–H groups in total. The van der Waals surface area contributed by atoms with Crippen molar-refractivity contribution >= 4 is 29.1 Å². The van der Waals surface area contributed by atoms with Gasteiger partial charge in [0.15, 0.2) is 0 Å². The molecule has 2 rings (SSSR count). The van der Waals surface area contributed by atoms with E-state index in [0.717, 1.165) is 16.3 Å². The lowest BCUT2D eigenvalue weighted by Gasteiger charge is -2.02. The molecule has 5 heteroatoms. The zero-order valence-corrected chi connectivity index (χ0v) is 13.0. The molecule has 0 radical (unpaired) electrons. The number of hydrogen-bond donors (Lipinski definition) is 1. The molecule has 0 amide bonds. The predicted octanol–water partition coefficient (Wildman–Crippen LogP) is 4.08. The van der Waals surface area contributed by atoms with Crippen LogP contribution < -0.4 is 0 Å². The van der Waals surface area contributed by atoms with Crippen LogP contribution in [0.2, 0.25) is 0 Å². The summed E-state index contributed by atoms with van der Waals surface area (Å²) in [7, 11) is 0. The third-order valence-corrected chi connectivity index (χ3v) is 4.88. The lowest BCUT2D eigenvalue weighted by atomic mass is 10.1. The minimum absolute atomic E-state index is 0.0117. The van der Waals surface area contributed by atoms with Crippen LogP contribution in [0.3, 0.4) is 0 Å². The van der Waals surface area contributed by atoms with Crippen LogP contribution in [0.5, 0.6) is 0 Å². The molecule has 1 aromatic carbocycles. The number of benzene rings is 1. The van der Waals surface area contributed by atoms with E-state index in [-0.39, 0.29) is 6.42 Å². The van der Waals surface area contributed by atoms with Crippen LogP contribution in [0, 0.1) is 0 Å². The van der Waals surface area contributed by atoms with Gasteiger partial charge in [0.2, 0.25) is 0 Å². The molecule has 0 fully saturated rings. The summed E-state index contributed by atoms with van der Waals surface area (Å²) < 4.78 is 0. The lowest BCUT2D eigenvalue weighted by molar-refractivity contribution is -0.136. The van der Waals surface area contributed by atoms with Crippen LogP contribution in [-0.4, -0.2) is 21.8 Å². The van der Waals surface area contributed by atoms with E-state index in [2.05, 4.69) is 36.2 Å². The fourth-order valence-electron chi connectivity index (χ4n) is 1.75. The molecule has 3 nitrogen and oxygen atoms in total. The van der Waals surface area contributed by atoms with Crippen molar-refractivity contribution in [2.75, 3.05) is 5.75 Å². The summed E-state index contributed by atoms with van der Waals surface area (Å²) in [5, 5.41) is 11.4. The average Bonchev–Trinajstić information content (AvgIpc) is 2.87. The summed E-state index contributed by atoms with van der Waals surface area (Å²) >= 11 is 3.43. The summed E-state index contributed by atoms with van der Waals surface area (Å²) in [6.07, 6.45) is 1.19. The molecule has 0 atom stereocenters. The van der Waals surface area contributed by atoms with Crippen LogP contribution >= 0.6 is 23.1 Å². The number of nitrogens with zero attached hydrogens (tertiary/aromatic N) is 1. The van der Waals surface area contributed by atoms with Crippen molar-refractivity contribution in [3.05, 3.63) is 40.9 Å². The predicted molar refractivity (Wildman–Crippen MR) is 85.3 cm³/mol. The van der Waals surface area contributed by atoms with E-state index in [4.69, 9.17) is 5.11 Å². The smallest absolute Gasteiger partial charge is 0.309 e. The highest BCUT2D eigenvalue weighted by molar-refractivity contribution is 7.98. The van der Waals surface area contributed by atoms with Crippen molar-refractivity contribution in [3.63, 3.8) is 0 Å². The second kappa shape index (κ2) is 7.45. The molecule has 0 aliphatic heterocycles. The van der Waals surface area contributed by atoms with Crippen molar-refractivity contribution in [2.45, 2.75) is 25.5 Å². The Labute approximate surface area is 127 Å². The van der Waals surface area contributed by atoms with Gasteiger partial charge in [0.1, 0.15) is 5.01 Å². The SMILES string of the molecule is CCCSCc1ccc(-c2nc(CC(=O)O)cs2)cc1. The van der Waals surface area contributed by atoms with Crippen LogP contribution in [-0.2, 0) is 17.0 Å².